The maximum absolute atomic E-state index is 11.0. The monoisotopic (exact) mass is 175 g/mol. The molecule has 0 fully saturated rings. The Kier molecular flexibility index (Phi) is 2.87. The molecule has 3 N–H and O–H groups in total. The van der Waals surface area contributed by atoms with Crippen molar-refractivity contribution >= 4 is 17.3 Å². The van der Waals surface area contributed by atoms with Crippen LogP contribution in [0.4, 0.5) is 11.4 Å². The second kappa shape index (κ2) is 4.12. The van der Waals surface area contributed by atoms with Crippen molar-refractivity contribution < 1.29 is 4.79 Å². The fraction of sp³-hybridized carbons (Fsp3) is 0.111. The van der Waals surface area contributed by atoms with E-state index < -0.39 is 0 Å². The number of benzene rings is 1. The number of anilines is 2. The highest BCUT2D eigenvalue weighted by molar-refractivity contribution is 5.95. The first-order chi connectivity index (χ1) is 6.24. The van der Waals surface area contributed by atoms with Crippen LogP contribution in [0.15, 0.2) is 24.3 Å². The van der Waals surface area contributed by atoms with Crippen LogP contribution in [0.5, 0.6) is 0 Å². The maximum Gasteiger partial charge on any atom is 0.304 e. The predicted octanol–water partition coefficient (Wildman–Crippen LogP) is 1.13. The Bertz CT molecular complexity index is 354. The van der Waals surface area contributed by atoms with Crippen LogP contribution < -0.4 is 11.1 Å². The molecule has 0 heterocycles. The van der Waals surface area contributed by atoms with Crippen molar-refractivity contribution in [2.75, 3.05) is 17.6 Å². The molecule has 0 radical (unpaired) electrons. The molecule has 0 aliphatic rings. The zero-order valence-corrected chi connectivity index (χ0v) is 6.95. The summed E-state index contributed by atoms with van der Waals surface area (Å²) in [5.41, 5.74) is 6.63. The third kappa shape index (κ3) is 2.49. The lowest BCUT2D eigenvalue weighted by Crippen LogP contribution is -2.14. The van der Waals surface area contributed by atoms with Gasteiger partial charge in [0.2, 0.25) is 0 Å². The largest absolute Gasteiger partial charge is 0.397 e. The average molecular weight is 175 g/mol. The van der Waals surface area contributed by atoms with Crippen LogP contribution in [0.25, 0.3) is 4.85 Å². The number of amides is 1. The Hall–Kier alpha value is -2.02. The standard InChI is InChI=1S/C9H9N3O/c1-11-6-9(13)12-8-5-3-2-4-7(8)10/h2-5H,6,10H2,(H,12,13). The van der Waals surface area contributed by atoms with Gasteiger partial charge in [0.15, 0.2) is 0 Å². The Morgan fingerprint density at radius 1 is 1.54 bits per heavy atom. The number of carbonyl (C=O) groups excluding carboxylic acids is 1. The summed E-state index contributed by atoms with van der Waals surface area (Å²) >= 11 is 0. The Morgan fingerprint density at radius 2 is 2.23 bits per heavy atom. The SMILES string of the molecule is [C-]#[N+]CC(=O)Nc1ccccc1N. The lowest BCUT2D eigenvalue weighted by molar-refractivity contribution is -0.114. The average Bonchev–Trinajstić information content (AvgIpc) is 2.09. The molecule has 4 nitrogen and oxygen atoms in total. The molecular weight excluding hydrogens is 166 g/mol. The number of carbonyl (C=O) groups is 1. The molecule has 66 valence electrons. The molecule has 1 aromatic carbocycles. The normalized spacial score (nSPS) is 8.85. The van der Waals surface area contributed by atoms with E-state index >= 15 is 0 Å². The molecule has 0 atom stereocenters. The molecule has 0 aromatic heterocycles. The number of hydrogen-bond donors (Lipinski definition) is 2. The first kappa shape index (κ1) is 9.07. The molecule has 0 aliphatic carbocycles. The van der Waals surface area contributed by atoms with Crippen molar-refractivity contribution in [3.8, 4) is 0 Å². The van der Waals surface area contributed by atoms with Crippen LogP contribution in [0.2, 0.25) is 0 Å². The number of nitrogens with two attached hydrogens (primary N) is 1. The van der Waals surface area contributed by atoms with E-state index in [1.165, 1.54) is 0 Å². The summed E-state index contributed by atoms with van der Waals surface area (Å²) in [6.45, 7) is 6.31. The van der Waals surface area contributed by atoms with Crippen LogP contribution in [-0.2, 0) is 4.79 Å². The molecule has 0 saturated heterocycles. The van der Waals surface area contributed by atoms with Gasteiger partial charge in [-0.05, 0) is 12.1 Å². The van der Waals surface area contributed by atoms with Gasteiger partial charge in [-0.1, -0.05) is 12.1 Å². The first-order valence-corrected chi connectivity index (χ1v) is 3.71. The minimum Gasteiger partial charge on any atom is -0.397 e. The molecule has 1 amide bonds. The summed E-state index contributed by atoms with van der Waals surface area (Å²) in [5, 5.41) is 2.53. The summed E-state index contributed by atoms with van der Waals surface area (Å²) < 4.78 is 0. The van der Waals surface area contributed by atoms with Gasteiger partial charge in [0.05, 0.1) is 11.4 Å². The number of nitrogens with one attached hydrogen (secondary N) is 1. The Morgan fingerprint density at radius 3 is 2.85 bits per heavy atom. The van der Waals surface area contributed by atoms with Gasteiger partial charge in [0.25, 0.3) is 6.54 Å². The van der Waals surface area contributed by atoms with Gasteiger partial charge in [0, 0.05) is 0 Å². The fourth-order valence-corrected chi connectivity index (χ4v) is 0.872. The van der Waals surface area contributed by atoms with Crippen LogP contribution in [0.3, 0.4) is 0 Å². The number of hydrogen-bond acceptors (Lipinski definition) is 2. The van der Waals surface area contributed by atoms with Crippen molar-refractivity contribution in [1.82, 2.24) is 0 Å². The molecule has 0 aliphatic heterocycles. The second-order valence-electron chi connectivity index (χ2n) is 2.45. The minimum atomic E-state index is -0.340. The molecule has 1 rings (SSSR count). The van der Waals surface area contributed by atoms with Crippen LogP contribution in [0.1, 0.15) is 0 Å². The van der Waals surface area contributed by atoms with E-state index in [-0.39, 0.29) is 12.5 Å². The van der Waals surface area contributed by atoms with E-state index in [9.17, 15) is 4.79 Å². The van der Waals surface area contributed by atoms with Crippen molar-refractivity contribution in [3.05, 3.63) is 35.7 Å². The molecule has 0 spiro atoms. The van der Waals surface area contributed by atoms with Crippen molar-refractivity contribution in [2.45, 2.75) is 0 Å². The van der Waals surface area contributed by atoms with E-state index in [1.54, 1.807) is 24.3 Å². The van der Waals surface area contributed by atoms with Gasteiger partial charge >= 0.3 is 5.91 Å². The Balaban J connectivity index is 2.70. The smallest absolute Gasteiger partial charge is 0.304 e. The van der Waals surface area contributed by atoms with E-state index in [4.69, 9.17) is 12.3 Å². The predicted molar refractivity (Wildman–Crippen MR) is 51.0 cm³/mol. The number of rotatable bonds is 2. The maximum atomic E-state index is 11.0. The quantitative estimate of drug-likeness (QED) is 0.522. The zero-order chi connectivity index (χ0) is 9.68. The molecule has 0 bridgehead atoms. The summed E-state index contributed by atoms with van der Waals surface area (Å²) in [5.74, 6) is -0.340. The highest BCUT2D eigenvalue weighted by Crippen LogP contribution is 2.16. The van der Waals surface area contributed by atoms with Crippen molar-refractivity contribution in [1.29, 1.82) is 0 Å². The first-order valence-electron chi connectivity index (χ1n) is 3.71. The molecule has 4 heteroatoms. The molecule has 0 saturated carbocycles. The van der Waals surface area contributed by atoms with E-state index in [0.29, 0.717) is 11.4 Å². The molecule has 1 aromatic rings. The van der Waals surface area contributed by atoms with Gasteiger partial charge < -0.3 is 15.9 Å². The summed E-state index contributed by atoms with van der Waals surface area (Å²) in [6, 6.07) is 6.92. The fourth-order valence-electron chi connectivity index (χ4n) is 0.872. The number of nitrogen functional groups attached to an aromatic ring is 1. The van der Waals surface area contributed by atoms with Crippen LogP contribution >= 0.6 is 0 Å². The molecule has 13 heavy (non-hydrogen) atoms. The highest BCUT2D eigenvalue weighted by Gasteiger charge is 2.05. The topological polar surface area (TPSA) is 59.5 Å². The van der Waals surface area contributed by atoms with Gasteiger partial charge in [-0.3, -0.25) is 4.79 Å². The van der Waals surface area contributed by atoms with Crippen LogP contribution in [-0.4, -0.2) is 12.5 Å². The van der Waals surface area contributed by atoms with Gasteiger partial charge in [-0.15, -0.1) is 0 Å². The molecular formula is C9H9N3O. The van der Waals surface area contributed by atoms with E-state index in [2.05, 4.69) is 10.2 Å². The summed E-state index contributed by atoms with van der Waals surface area (Å²) in [7, 11) is 0. The minimum absolute atomic E-state index is 0.172. The highest BCUT2D eigenvalue weighted by atomic mass is 16.1. The molecule has 0 unspecified atom stereocenters. The lowest BCUT2D eigenvalue weighted by Gasteiger charge is -2.03. The third-order valence-corrected chi connectivity index (χ3v) is 1.46. The van der Waals surface area contributed by atoms with Crippen LogP contribution in [0, 0.1) is 6.57 Å². The lowest BCUT2D eigenvalue weighted by atomic mass is 10.2. The number of nitrogens with zero attached hydrogens (tertiary/aromatic N) is 1. The van der Waals surface area contributed by atoms with E-state index in [1.807, 2.05) is 0 Å². The third-order valence-electron chi connectivity index (χ3n) is 1.46. The van der Waals surface area contributed by atoms with Gasteiger partial charge in [-0.25, -0.2) is 6.57 Å². The van der Waals surface area contributed by atoms with E-state index in [0.717, 1.165) is 0 Å². The summed E-state index contributed by atoms with van der Waals surface area (Å²) in [6.07, 6.45) is 0. The Labute approximate surface area is 76.2 Å². The van der Waals surface area contributed by atoms with Gasteiger partial charge in [-0.2, -0.15) is 0 Å². The zero-order valence-electron chi connectivity index (χ0n) is 6.95. The number of para-hydroxylation sites is 2. The van der Waals surface area contributed by atoms with Crippen molar-refractivity contribution in [2.24, 2.45) is 0 Å². The second-order valence-corrected chi connectivity index (χ2v) is 2.45. The summed E-state index contributed by atoms with van der Waals surface area (Å²) in [4.78, 5) is 13.9. The van der Waals surface area contributed by atoms with Gasteiger partial charge in [0.1, 0.15) is 0 Å². The van der Waals surface area contributed by atoms with Crippen molar-refractivity contribution in [3.63, 3.8) is 0 Å².